The van der Waals surface area contributed by atoms with Crippen molar-refractivity contribution in [3.63, 3.8) is 0 Å². The van der Waals surface area contributed by atoms with Gasteiger partial charge in [-0.05, 0) is 31.2 Å². The SMILES string of the molecule is CC=CC(=O)N1CC(Oc2cc3c(N(C)c4ccc(F)c(Cl)c4F)ncnc3cc2OC)C1. The van der Waals surface area contributed by atoms with E-state index in [9.17, 15) is 13.6 Å². The van der Waals surface area contributed by atoms with Crippen molar-refractivity contribution in [1.82, 2.24) is 14.9 Å². The van der Waals surface area contributed by atoms with E-state index in [-0.39, 0.29) is 17.7 Å². The number of rotatable bonds is 6. The van der Waals surface area contributed by atoms with E-state index in [2.05, 4.69) is 9.97 Å². The first kappa shape index (κ1) is 22.7. The minimum atomic E-state index is -0.892. The number of carbonyl (C=O) groups excluding carboxylic acids is 1. The number of amides is 1. The number of aromatic nitrogens is 2. The highest BCUT2D eigenvalue weighted by Gasteiger charge is 2.32. The quantitative estimate of drug-likeness (QED) is 0.387. The highest BCUT2D eigenvalue weighted by molar-refractivity contribution is 6.31. The summed E-state index contributed by atoms with van der Waals surface area (Å²) in [4.78, 5) is 23.6. The zero-order valence-corrected chi connectivity index (χ0v) is 18.9. The Morgan fingerprint density at radius 2 is 2.00 bits per heavy atom. The van der Waals surface area contributed by atoms with Crippen molar-refractivity contribution < 1.29 is 23.0 Å². The van der Waals surface area contributed by atoms with E-state index in [1.807, 2.05) is 0 Å². The number of benzene rings is 2. The van der Waals surface area contributed by atoms with Gasteiger partial charge in [-0.25, -0.2) is 18.7 Å². The maximum Gasteiger partial charge on any atom is 0.246 e. The molecule has 0 radical (unpaired) electrons. The smallest absolute Gasteiger partial charge is 0.246 e. The molecule has 172 valence electrons. The lowest BCUT2D eigenvalue weighted by atomic mass is 10.1. The number of anilines is 2. The summed E-state index contributed by atoms with van der Waals surface area (Å²) in [5, 5.41) is -0.0257. The predicted molar refractivity (Wildman–Crippen MR) is 121 cm³/mol. The van der Waals surface area contributed by atoms with E-state index in [4.69, 9.17) is 21.1 Å². The molecule has 0 bridgehead atoms. The first-order valence-electron chi connectivity index (χ1n) is 10.1. The number of likely N-dealkylation sites (tertiary alicyclic amines) is 1. The van der Waals surface area contributed by atoms with Crippen LogP contribution in [0.4, 0.5) is 20.3 Å². The fourth-order valence-electron chi connectivity index (χ4n) is 3.58. The van der Waals surface area contributed by atoms with Gasteiger partial charge in [0.1, 0.15) is 29.1 Å². The Morgan fingerprint density at radius 1 is 1.24 bits per heavy atom. The lowest BCUT2D eigenvalue weighted by molar-refractivity contribution is -0.134. The number of hydrogen-bond acceptors (Lipinski definition) is 6. The van der Waals surface area contributed by atoms with Gasteiger partial charge in [0.25, 0.3) is 0 Å². The fourth-order valence-corrected chi connectivity index (χ4v) is 3.74. The van der Waals surface area contributed by atoms with Crippen LogP contribution in [0.15, 0.2) is 42.7 Å². The van der Waals surface area contributed by atoms with Crippen molar-refractivity contribution in [3.8, 4) is 11.5 Å². The standard InChI is InChI=1S/C23H21ClF2N4O3/c1-4-5-20(31)30-10-13(11-30)33-19-8-14-16(9-18(19)32-3)27-12-28-23(14)29(2)17-7-6-15(25)21(24)22(17)26/h4-9,12-13H,10-11H2,1-3H3. The molecule has 0 N–H and O–H groups in total. The molecule has 1 aliphatic rings. The van der Waals surface area contributed by atoms with Crippen LogP contribution in [-0.2, 0) is 4.79 Å². The van der Waals surface area contributed by atoms with Crippen LogP contribution in [0.3, 0.4) is 0 Å². The zero-order chi connectivity index (χ0) is 23.7. The summed E-state index contributed by atoms with van der Waals surface area (Å²) in [6.07, 6.45) is 4.34. The average Bonchev–Trinajstić information content (AvgIpc) is 2.78. The van der Waals surface area contributed by atoms with Gasteiger partial charge in [0, 0.05) is 18.5 Å². The summed E-state index contributed by atoms with van der Waals surface area (Å²) < 4.78 is 39.8. The van der Waals surface area contributed by atoms with E-state index in [1.54, 1.807) is 37.1 Å². The topological polar surface area (TPSA) is 67.8 Å². The summed E-state index contributed by atoms with van der Waals surface area (Å²) in [6.45, 7) is 2.68. The molecule has 0 atom stereocenters. The Hall–Kier alpha value is -3.46. The number of hydrogen-bond donors (Lipinski definition) is 0. The molecular formula is C23H21ClF2N4O3. The molecular weight excluding hydrogens is 454 g/mol. The monoisotopic (exact) mass is 474 g/mol. The molecule has 10 heteroatoms. The fraction of sp³-hybridized carbons (Fsp3) is 0.261. The Balaban J connectivity index is 1.67. The van der Waals surface area contributed by atoms with E-state index < -0.39 is 16.7 Å². The van der Waals surface area contributed by atoms with Crippen molar-refractivity contribution in [2.75, 3.05) is 32.1 Å². The molecule has 33 heavy (non-hydrogen) atoms. The van der Waals surface area contributed by atoms with Crippen LogP contribution in [0.5, 0.6) is 11.5 Å². The Bertz CT molecular complexity index is 1250. The number of allylic oxidation sites excluding steroid dienone is 1. The first-order chi connectivity index (χ1) is 15.8. The first-order valence-corrected chi connectivity index (χ1v) is 10.5. The van der Waals surface area contributed by atoms with Gasteiger partial charge in [-0.3, -0.25) is 4.79 Å². The van der Waals surface area contributed by atoms with Gasteiger partial charge in [0.05, 0.1) is 31.4 Å². The van der Waals surface area contributed by atoms with Gasteiger partial charge in [-0.1, -0.05) is 17.7 Å². The molecule has 0 spiro atoms. The van der Waals surface area contributed by atoms with Gasteiger partial charge in [0.15, 0.2) is 17.3 Å². The lowest BCUT2D eigenvalue weighted by Gasteiger charge is -2.38. The number of fused-ring (bicyclic) bond motifs is 1. The normalized spacial score (nSPS) is 13.9. The summed E-state index contributed by atoms with van der Waals surface area (Å²) >= 11 is 5.75. The van der Waals surface area contributed by atoms with Crippen molar-refractivity contribution >= 4 is 39.9 Å². The van der Waals surface area contributed by atoms with E-state index >= 15 is 0 Å². The third-order valence-corrected chi connectivity index (χ3v) is 5.70. The molecule has 1 fully saturated rings. The second-order valence-corrected chi connectivity index (χ2v) is 7.83. The summed E-state index contributed by atoms with van der Waals surface area (Å²) in [6, 6.07) is 5.78. The maximum absolute atomic E-state index is 14.6. The van der Waals surface area contributed by atoms with Crippen LogP contribution in [0.25, 0.3) is 10.9 Å². The molecule has 1 aromatic heterocycles. The number of methoxy groups -OCH3 is 1. The molecule has 2 heterocycles. The minimum Gasteiger partial charge on any atom is -0.493 e. The van der Waals surface area contributed by atoms with Gasteiger partial charge >= 0.3 is 0 Å². The second kappa shape index (κ2) is 9.19. The molecule has 4 rings (SSSR count). The molecule has 1 saturated heterocycles. The number of nitrogens with zero attached hydrogens (tertiary/aromatic N) is 4. The Kier molecular flexibility index (Phi) is 6.33. The van der Waals surface area contributed by atoms with Crippen molar-refractivity contribution in [2.45, 2.75) is 13.0 Å². The Labute approximate surface area is 194 Å². The van der Waals surface area contributed by atoms with Gasteiger partial charge < -0.3 is 19.3 Å². The third kappa shape index (κ3) is 4.28. The second-order valence-electron chi connectivity index (χ2n) is 7.45. The molecule has 2 aromatic carbocycles. The zero-order valence-electron chi connectivity index (χ0n) is 18.2. The number of halogens is 3. The maximum atomic E-state index is 14.6. The van der Waals surface area contributed by atoms with Crippen LogP contribution in [0, 0.1) is 11.6 Å². The predicted octanol–water partition coefficient (Wildman–Crippen LogP) is 4.50. The van der Waals surface area contributed by atoms with Crippen molar-refractivity contribution in [1.29, 1.82) is 0 Å². The summed E-state index contributed by atoms with van der Waals surface area (Å²) in [5.41, 5.74) is 0.597. The van der Waals surface area contributed by atoms with E-state index in [0.29, 0.717) is 41.3 Å². The highest BCUT2D eigenvalue weighted by atomic mass is 35.5. The Morgan fingerprint density at radius 3 is 2.70 bits per heavy atom. The highest BCUT2D eigenvalue weighted by Crippen LogP contribution is 2.38. The largest absolute Gasteiger partial charge is 0.493 e. The van der Waals surface area contributed by atoms with Crippen molar-refractivity contribution in [3.05, 3.63) is 59.4 Å². The minimum absolute atomic E-state index is 0.0526. The molecule has 3 aromatic rings. The molecule has 1 aliphatic heterocycles. The van der Waals surface area contributed by atoms with Crippen LogP contribution < -0.4 is 14.4 Å². The van der Waals surface area contributed by atoms with Crippen LogP contribution >= 0.6 is 11.6 Å². The number of ether oxygens (including phenoxy) is 2. The van der Waals surface area contributed by atoms with Crippen molar-refractivity contribution in [2.24, 2.45) is 0 Å². The van der Waals surface area contributed by atoms with Gasteiger partial charge in [-0.15, -0.1) is 0 Å². The summed E-state index contributed by atoms with van der Waals surface area (Å²) in [7, 11) is 3.11. The molecule has 0 unspecified atom stereocenters. The van der Waals surface area contributed by atoms with Crippen LogP contribution in [-0.4, -0.2) is 54.1 Å². The average molecular weight is 475 g/mol. The van der Waals surface area contributed by atoms with Gasteiger partial charge in [-0.2, -0.15) is 0 Å². The van der Waals surface area contributed by atoms with Crippen LogP contribution in [0.2, 0.25) is 5.02 Å². The van der Waals surface area contributed by atoms with Crippen LogP contribution in [0.1, 0.15) is 6.92 Å². The molecule has 0 saturated carbocycles. The van der Waals surface area contributed by atoms with E-state index in [1.165, 1.54) is 30.5 Å². The van der Waals surface area contributed by atoms with E-state index in [0.717, 1.165) is 6.07 Å². The number of carbonyl (C=O) groups is 1. The van der Waals surface area contributed by atoms with Gasteiger partial charge in [0.2, 0.25) is 5.91 Å². The molecule has 1 amide bonds. The molecule has 7 nitrogen and oxygen atoms in total. The molecule has 0 aliphatic carbocycles. The third-order valence-electron chi connectivity index (χ3n) is 5.36. The summed E-state index contributed by atoms with van der Waals surface area (Å²) in [5.74, 6) is -0.537. The lowest BCUT2D eigenvalue weighted by Crippen LogP contribution is -2.55.